The summed E-state index contributed by atoms with van der Waals surface area (Å²) in [6.07, 6.45) is 0.648. The van der Waals surface area contributed by atoms with Crippen molar-refractivity contribution in [1.29, 1.82) is 0 Å². The molecule has 1 rings (SSSR count). The van der Waals surface area contributed by atoms with Crippen LogP contribution in [0.25, 0.3) is 0 Å². The van der Waals surface area contributed by atoms with E-state index in [0.717, 1.165) is 0 Å². The number of carbonyl (C=O) groups excluding carboxylic acids is 1. The van der Waals surface area contributed by atoms with Crippen molar-refractivity contribution in [2.75, 3.05) is 0 Å². The number of amides is 1. The van der Waals surface area contributed by atoms with Crippen molar-refractivity contribution in [1.82, 2.24) is 10.6 Å². The summed E-state index contributed by atoms with van der Waals surface area (Å²) in [6.45, 7) is 9.19. The van der Waals surface area contributed by atoms with Crippen LogP contribution < -0.4 is 5.48 Å². The number of carbonyl (C=O) groups is 1. The van der Waals surface area contributed by atoms with Gasteiger partial charge in [0, 0.05) is 0 Å². The molecule has 1 N–H and O–H groups in total. The van der Waals surface area contributed by atoms with E-state index < -0.39 is 5.60 Å². The second kappa shape index (κ2) is 4.65. The van der Waals surface area contributed by atoms with Crippen LogP contribution in [-0.4, -0.2) is 16.7 Å². The van der Waals surface area contributed by atoms with E-state index in [1.807, 2.05) is 27.7 Å². The summed E-state index contributed by atoms with van der Waals surface area (Å²) in [7, 11) is 0. The van der Waals surface area contributed by atoms with Crippen LogP contribution in [0.1, 0.15) is 49.5 Å². The van der Waals surface area contributed by atoms with Gasteiger partial charge >= 0.3 is 0 Å². The number of aryl methyl sites for hydroxylation is 2. The van der Waals surface area contributed by atoms with Gasteiger partial charge < -0.3 is 4.52 Å². The fourth-order valence-electron chi connectivity index (χ4n) is 1.20. The van der Waals surface area contributed by atoms with Gasteiger partial charge in [-0.1, -0.05) is 12.1 Å². The molecule has 0 bridgehead atoms. The average Bonchev–Trinajstić information content (AvgIpc) is 2.55. The molecule has 16 heavy (non-hydrogen) atoms. The molecule has 0 aliphatic rings. The largest absolute Gasteiger partial charge is 0.361 e. The van der Waals surface area contributed by atoms with Crippen molar-refractivity contribution in [3.8, 4) is 0 Å². The summed E-state index contributed by atoms with van der Waals surface area (Å²) in [6, 6.07) is 0. The molecular weight excluding hydrogens is 208 g/mol. The Morgan fingerprint density at radius 2 is 2.12 bits per heavy atom. The standard InChI is InChI=1S/C11H18N2O3/c1-6-8-9(7(2)15-12-8)10(14)13-16-11(3,4)5/h6H2,1-5H3,(H,13,14). The zero-order valence-electron chi connectivity index (χ0n) is 10.4. The fraction of sp³-hybridized carbons (Fsp3) is 0.636. The molecule has 0 aliphatic carbocycles. The van der Waals surface area contributed by atoms with Gasteiger partial charge in [0.1, 0.15) is 11.3 Å². The molecule has 0 saturated heterocycles. The number of rotatable bonds is 3. The third kappa shape index (κ3) is 3.06. The molecule has 0 unspecified atom stereocenters. The Morgan fingerprint density at radius 3 is 2.62 bits per heavy atom. The van der Waals surface area contributed by atoms with Crippen LogP contribution in [0.2, 0.25) is 0 Å². The van der Waals surface area contributed by atoms with Crippen LogP contribution in [-0.2, 0) is 11.3 Å². The number of nitrogens with zero attached hydrogens (tertiary/aromatic N) is 1. The lowest BCUT2D eigenvalue weighted by atomic mass is 10.1. The summed E-state index contributed by atoms with van der Waals surface area (Å²) in [4.78, 5) is 17.0. The molecular formula is C11H18N2O3. The second-order valence-corrected chi connectivity index (χ2v) is 4.56. The highest BCUT2D eigenvalue weighted by molar-refractivity contribution is 5.95. The van der Waals surface area contributed by atoms with E-state index in [9.17, 15) is 4.79 Å². The number of hydrogen-bond donors (Lipinski definition) is 1. The Morgan fingerprint density at radius 1 is 1.50 bits per heavy atom. The normalized spacial score (nSPS) is 11.6. The zero-order valence-corrected chi connectivity index (χ0v) is 10.4. The van der Waals surface area contributed by atoms with Gasteiger partial charge in [0.05, 0.1) is 11.3 Å². The Kier molecular flexibility index (Phi) is 3.70. The number of hydroxylamine groups is 1. The molecule has 1 aromatic rings. The summed E-state index contributed by atoms with van der Waals surface area (Å²) >= 11 is 0. The SMILES string of the molecule is CCc1noc(C)c1C(=O)NOC(C)(C)C. The molecule has 5 nitrogen and oxygen atoms in total. The summed E-state index contributed by atoms with van der Waals surface area (Å²) < 4.78 is 4.97. The van der Waals surface area contributed by atoms with Gasteiger partial charge in [-0.2, -0.15) is 0 Å². The van der Waals surface area contributed by atoms with Crippen molar-refractivity contribution in [3.05, 3.63) is 17.0 Å². The van der Waals surface area contributed by atoms with Crippen molar-refractivity contribution in [2.45, 2.75) is 46.6 Å². The van der Waals surface area contributed by atoms with Gasteiger partial charge in [-0.15, -0.1) is 0 Å². The first-order chi connectivity index (χ1) is 7.35. The third-order valence-electron chi connectivity index (χ3n) is 1.95. The molecule has 1 aromatic heterocycles. The highest BCUT2D eigenvalue weighted by atomic mass is 16.7. The van der Waals surface area contributed by atoms with E-state index in [2.05, 4.69) is 10.6 Å². The van der Waals surface area contributed by atoms with Crippen LogP contribution in [0.3, 0.4) is 0 Å². The predicted molar refractivity (Wildman–Crippen MR) is 58.9 cm³/mol. The Balaban J connectivity index is 2.76. The van der Waals surface area contributed by atoms with Crippen molar-refractivity contribution in [3.63, 3.8) is 0 Å². The van der Waals surface area contributed by atoms with Gasteiger partial charge in [0.2, 0.25) is 0 Å². The fourth-order valence-corrected chi connectivity index (χ4v) is 1.20. The highest BCUT2D eigenvalue weighted by Gasteiger charge is 2.21. The lowest BCUT2D eigenvalue weighted by molar-refractivity contribution is -0.0590. The van der Waals surface area contributed by atoms with Gasteiger partial charge in [-0.3, -0.25) is 9.63 Å². The molecule has 0 radical (unpaired) electrons. The Hall–Kier alpha value is -1.36. The minimum atomic E-state index is -0.424. The van der Waals surface area contributed by atoms with Crippen LogP contribution in [0.5, 0.6) is 0 Å². The molecule has 0 fully saturated rings. The smallest absolute Gasteiger partial charge is 0.280 e. The highest BCUT2D eigenvalue weighted by Crippen LogP contribution is 2.14. The van der Waals surface area contributed by atoms with E-state index in [1.54, 1.807) is 6.92 Å². The van der Waals surface area contributed by atoms with Crippen molar-refractivity contribution >= 4 is 5.91 Å². The summed E-state index contributed by atoms with van der Waals surface area (Å²) in [5, 5.41) is 3.81. The van der Waals surface area contributed by atoms with Crippen LogP contribution in [0.15, 0.2) is 4.52 Å². The van der Waals surface area contributed by atoms with Crippen molar-refractivity contribution in [2.24, 2.45) is 0 Å². The van der Waals surface area contributed by atoms with E-state index in [4.69, 9.17) is 9.36 Å². The van der Waals surface area contributed by atoms with Crippen LogP contribution in [0, 0.1) is 6.92 Å². The Bertz CT molecular complexity index is 377. The van der Waals surface area contributed by atoms with Crippen molar-refractivity contribution < 1.29 is 14.2 Å². The first kappa shape index (κ1) is 12.7. The first-order valence-electron chi connectivity index (χ1n) is 5.28. The molecule has 90 valence electrons. The molecule has 1 heterocycles. The monoisotopic (exact) mass is 226 g/mol. The quantitative estimate of drug-likeness (QED) is 0.801. The molecule has 0 aliphatic heterocycles. The lowest BCUT2D eigenvalue weighted by Crippen LogP contribution is -2.34. The van der Waals surface area contributed by atoms with Gasteiger partial charge in [0.15, 0.2) is 0 Å². The first-order valence-corrected chi connectivity index (χ1v) is 5.28. The van der Waals surface area contributed by atoms with E-state index >= 15 is 0 Å². The average molecular weight is 226 g/mol. The molecule has 0 aromatic carbocycles. The lowest BCUT2D eigenvalue weighted by Gasteiger charge is -2.18. The predicted octanol–water partition coefficient (Wildman–Crippen LogP) is 2.01. The Labute approximate surface area is 95.1 Å². The molecule has 1 amide bonds. The summed E-state index contributed by atoms with van der Waals surface area (Å²) in [5.74, 6) is 0.192. The summed E-state index contributed by atoms with van der Waals surface area (Å²) in [5.41, 5.74) is 3.09. The number of aromatic nitrogens is 1. The number of nitrogens with one attached hydrogen (secondary N) is 1. The van der Waals surface area contributed by atoms with Crippen LogP contribution >= 0.6 is 0 Å². The molecule has 5 heteroatoms. The maximum Gasteiger partial charge on any atom is 0.280 e. The maximum absolute atomic E-state index is 11.8. The maximum atomic E-state index is 11.8. The zero-order chi connectivity index (χ0) is 12.3. The van der Waals surface area contributed by atoms with Gasteiger partial charge in [-0.25, -0.2) is 5.48 Å². The van der Waals surface area contributed by atoms with Crippen LogP contribution in [0.4, 0.5) is 0 Å². The molecule has 0 atom stereocenters. The third-order valence-corrected chi connectivity index (χ3v) is 1.95. The van der Waals surface area contributed by atoms with E-state index in [-0.39, 0.29) is 5.91 Å². The number of hydrogen-bond acceptors (Lipinski definition) is 4. The topological polar surface area (TPSA) is 64.4 Å². The minimum absolute atomic E-state index is 0.314. The van der Waals surface area contributed by atoms with E-state index in [0.29, 0.717) is 23.4 Å². The molecule has 0 spiro atoms. The molecule has 0 saturated carbocycles. The van der Waals surface area contributed by atoms with Gasteiger partial charge in [0.25, 0.3) is 5.91 Å². The van der Waals surface area contributed by atoms with E-state index in [1.165, 1.54) is 0 Å². The van der Waals surface area contributed by atoms with Gasteiger partial charge in [-0.05, 0) is 34.1 Å². The second-order valence-electron chi connectivity index (χ2n) is 4.56. The minimum Gasteiger partial charge on any atom is -0.361 e.